The van der Waals surface area contributed by atoms with Crippen molar-refractivity contribution in [2.45, 2.75) is 6.04 Å². The maximum absolute atomic E-state index is 13.3. The maximum Gasteiger partial charge on any atom is 0.247 e. The lowest BCUT2D eigenvalue weighted by atomic mass is 10.1. The summed E-state index contributed by atoms with van der Waals surface area (Å²) in [7, 11) is 0. The van der Waals surface area contributed by atoms with E-state index in [1.54, 1.807) is 36.4 Å². The van der Waals surface area contributed by atoms with Crippen molar-refractivity contribution < 1.29 is 13.9 Å². The Morgan fingerprint density at radius 3 is 2.26 bits per heavy atom. The number of nitrogens with one attached hydrogen (secondary N) is 1. The second-order valence-electron chi connectivity index (χ2n) is 5.99. The SMILES string of the molecule is Oc1ccc(N[C@H](c2ccc(F)cc2)c2nnc(-c3ccccc3)o2)cc1. The lowest BCUT2D eigenvalue weighted by Crippen LogP contribution is -2.13. The molecule has 4 aromatic rings. The molecule has 134 valence electrons. The highest BCUT2D eigenvalue weighted by Crippen LogP contribution is 2.29. The predicted octanol–water partition coefficient (Wildman–Crippen LogP) is 4.78. The van der Waals surface area contributed by atoms with Gasteiger partial charge in [-0.1, -0.05) is 30.3 Å². The molecule has 1 aromatic heterocycles. The number of benzene rings is 3. The average molecular weight is 361 g/mol. The lowest BCUT2D eigenvalue weighted by Gasteiger charge is -2.17. The van der Waals surface area contributed by atoms with Crippen LogP contribution in [-0.4, -0.2) is 15.3 Å². The Bertz CT molecular complexity index is 1020. The molecule has 0 radical (unpaired) electrons. The van der Waals surface area contributed by atoms with E-state index >= 15 is 0 Å². The number of aromatic nitrogens is 2. The highest BCUT2D eigenvalue weighted by Gasteiger charge is 2.21. The third kappa shape index (κ3) is 3.79. The van der Waals surface area contributed by atoms with Gasteiger partial charge in [-0.15, -0.1) is 10.2 Å². The number of halogens is 1. The zero-order chi connectivity index (χ0) is 18.6. The summed E-state index contributed by atoms with van der Waals surface area (Å²) >= 11 is 0. The first-order chi connectivity index (χ1) is 13.2. The van der Waals surface area contributed by atoms with Gasteiger partial charge in [-0.05, 0) is 54.1 Å². The topological polar surface area (TPSA) is 71.2 Å². The van der Waals surface area contributed by atoms with Crippen LogP contribution in [0.1, 0.15) is 17.5 Å². The molecule has 27 heavy (non-hydrogen) atoms. The van der Waals surface area contributed by atoms with Gasteiger partial charge in [-0.25, -0.2) is 4.39 Å². The van der Waals surface area contributed by atoms with E-state index < -0.39 is 6.04 Å². The zero-order valence-electron chi connectivity index (χ0n) is 14.2. The minimum Gasteiger partial charge on any atom is -0.508 e. The number of anilines is 1. The average Bonchev–Trinajstić information content (AvgIpc) is 3.19. The van der Waals surface area contributed by atoms with Crippen LogP contribution in [0.3, 0.4) is 0 Å². The Morgan fingerprint density at radius 2 is 1.56 bits per heavy atom. The molecule has 0 fully saturated rings. The van der Waals surface area contributed by atoms with Gasteiger partial charge in [0.15, 0.2) is 0 Å². The molecule has 0 unspecified atom stereocenters. The van der Waals surface area contributed by atoms with Crippen LogP contribution in [0.25, 0.3) is 11.5 Å². The van der Waals surface area contributed by atoms with Gasteiger partial charge < -0.3 is 14.8 Å². The van der Waals surface area contributed by atoms with E-state index in [4.69, 9.17) is 4.42 Å². The Labute approximate surface area is 155 Å². The molecule has 0 aliphatic rings. The number of nitrogens with zero attached hydrogens (tertiary/aromatic N) is 2. The van der Waals surface area contributed by atoms with Crippen LogP contribution in [0, 0.1) is 5.82 Å². The standard InChI is InChI=1S/C21H16FN3O2/c22-16-8-6-14(7-9-16)19(23-17-10-12-18(26)13-11-17)21-25-24-20(27-21)15-4-2-1-3-5-15/h1-13,19,23,26H/t19-/m1/s1. The lowest BCUT2D eigenvalue weighted by molar-refractivity contribution is 0.475. The van der Waals surface area contributed by atoms with Crippen molar-refractivity contribution in [2.24, 2.45) is 0 Å². The summed E-state index contributed by atoms with van der Waals surface area (Å²) in [5.74, 6) is 0.611. The van der Waals surface area contributed by atoms with Crippen molar-refractivity contribution in [3.63, 3.8) is 0 Å². The molecule has 0 aliphatic heterocycles. The van der Waals surface area contributed by atoms with E-state index in [-0.39, 0.29) is 11.6 Å². The van der Waals surface area contributed by atoms with Crippen LogP contribution >= 0.6 is 0 Å². The van der Waals surface area contributed by atoms with Crippen LogP contribution in [0.5, 0.6) is 5.75 Å². The quantitative estimate of drug-likeness (QED) is 0.501. The first kappa shape index (κ1) is 16.8. The van der Waals surface area contributed by atoms with Crippen molar-refractivity contribution in [1.82, 2.24) is 10.2 Å². The molecule has 0 saturated heterocycles. The fraction of sp³-hybridized carbons (Fsp3) is 0.0476. The highest BCUT2D eigenvalue weighted by molar-refractivity contribution is 5.53. The third-order valence-corrected chi connectivity index (χ3v) is 4.09. The molecule has 1 atom stereocenters. The first-order valence-electron chi connectivity index (χ1n) is 8.39. The monoisotopic (exact) mass is 361 g/mol. The van der Waals surface area contributed by atoms with Crippen LogP contribution in [0.15, 0.2) is 83.3 Å². The molecule has 6 heteroatoms. The van der Waals surface area contributed by atoms with Crippen LogP contribution in [-0.2, 0) is 0 Å². The number of aromatic hydroxyl groups is 1. The van der Waals surface area contributed by atoms with E-state index in [1.165, 1.54) is 12.1 Å². The Hall–Kier alpha value is -3.67. The van der Waals surface area contributed by atoms with Gasteiger partial charge >= 0.3 is 0 Å². The molecule has 0 aliphatic carbocycles. The summed E-state index contributed by atoms with van der Waals surface area (Å²) < 4.78 is 19.2. The number of hydrogen-bond donors (Lipinski definition) is 2. The number of phenolic OH excluding ortho intramolecular Hbond substituents is 1. The van der Waals surface area contributed by atoms with E-state index in [2.05, 4.69) is 15.5 Å². The van der Waals surface area contributed by atoms with Crippen molar-refractivity contribution >= 4 is 5.69 Å². The van der Waals surface area contributed by atoms with E-state index in [1.807, 2.05) is 30.3 Å². The summed E-state index contributed by atoms with van der Waals surface area (Å²) in [6.45, 7) is 0. The normalized spacial score (nSPS) is 11.9. The van der Waals surface area contributed by atoms with Crippen LogP contribution in [0.4, 0.5) is 10.1 Å². The summed E-state index contributed by atoms with van der Waals surface area (Å²) in [4.78, 5) is 0. The Balaban J connectivity index is 1.70. The molecule has 0 spiro atoms. The second kappa shape index (κ2) is 7.29. The largest absolute Gasteiger partial charge is 0.508 e. The van der Waals surface area contributed by atoms with Gasteiger partial charge in [-0.2, -0.15) is 0 Å². The first-order valence-corrected chi connectivity index (χ1v) is 8.39. The van der Waals surface area contributed by atoms with E-state index in [0.717, 1.165) is 16.8 Å². The van der Waals surface area contributed by atoms with Crippen molar-refractivity contribution in [3.8, 4) is 17.2 Å². The van der Waals surface area contributed by atoms with Crippen molar-refractivity contribution in [1.29, 1.82) is 0 Å². The third-order valence-electron chi connectivity index (χ3n) is 4.09. The molecular formula is C21H16FN3O2. The van der Waals surface area contributed by atoms with Gasteiger partial charge in [0, 0.05) is 11.3 Å². The summed E-state index contributed by atoms with van der Waals surface area (Å²) in [6, 6.07) is 21.7. The summed E-state index contributed by atoms with van der Waals surface area (Å²) in [6.07, 6.45) is 0. The molecular weight excluding hydrogens is 345 g/mol. The smallest absolute Gasteiger partial charge is 0.247 e. The second-order valence-corrected chi connectivity index (χ2v) is 5.99. The van der Waals surface area contributed by atoms with Gasteiger partial charge in [0.05, 0.1) is 0 Å². The minimum atomic E-state index is -0.472. The molecule has 1 heterocycles. The fourth-order valence-electron chi connectivity index (χ4n) is 2.72. The number of rotatable bonds is 5. The van der Waals surface area contributed by atoms with E-state index in [9.17, 15) is 9.50 Å². The predicted molar refractivity (Wildman–Crippen MR) is 99.7 cm³/mol. The van der Waals surface area contributed by atoms with Gasteiger partial charge in [0.1, 0.15) is 17.6 Å². The van der Waals surface area contributed by atoms with Crippen molar-refractivity contribution in [2.75, 3.05) is 5.32 Å². The van der Waals surface area contributed by atoms with Gasteiger partial charge in [-0.3, -0.25) is 0 Å². The maximum atomic E-state index is 13.3. The van der Waals surface area contributed by atoms with Gasteiger partial charge in [0.25, 0.3) is 0 Å². The Morgan fingerprint density at radius 1 is 0.852 bits per heavy atom. The van der Waals surface area contributed by atoms with E-state index in [0.29, 0.717) is 11.8 Å². The molecule has 0 saturated carbocycles. The molecule has 0 amide bonds. The molecule has 0 bridgehead atoms. The van der Waals surface area contributed by atoms with Crippen LogP contribution < -0.4 is 5.32 Å². The zero-order valence-corrected chi connectivity index (χ0v) is 14.2. The van der Waals surface area contributed by atoms with Gasteiger partial charge in [0.2, 0.25) is 11.8 Å². The molecule has 4 rings (SSSR count). The van der Waals surface area contributed by atoms with Crippen molar-refractivity contribution in [3.05, 3.63) is 96.1 Å². The summed E-state index contributed by atoms with van der Waals surface area (Å²) in [5.41, 5.74) is 2.34. The highest BCUT2D eigenvalue weighted by atomic mass is 19.1. The molecule has 5 nitrogen and oxygen atoms in total. The summed E-state index contributed by atoms with van der Waals surface area (Å²) in [5, 5.41) is 21.1. The molecule has 2 N–H and O–H groups in total. The number of hydrogen-bond acceptors (Lipinski definition) is 5. The number of phenols is 1. The molecule has 3 aromatic carbocycles. The minimum absolute atomic E-state index is 0.169. The Kier molecular flexibility index (Phi) is 4.53. The van der Waals surface area contributed by atoms with Crippen LogP contribution in [0.2, 0.25) is 0 Å². The fourth-order valence-corrected chi connectivity index (χ4v) is 2.72.